The van der Waals surface area contributed by atoms with E-state index in [1.54, 1.807) is 6.07 Å². The lowest BCUT2D eigenvalue weighted by Gasteiger charge is -2.08. The lowest BCUT2D eigenvalue weighted by molar-refractivity contribution is 0.601. The lowest BCUT2D eigenvalue weighted by atomic mass is 10.5. The van der Waals surface area contributed by atoms with E-state index in [-0.39, 0.29) is 21.6 Å². The van der Waals surface area contributed by atoms with Gasteiger partial charge in [0.05, 0.1) is 9.92 Å². The number of sulfonamides is 1. The maximum atomic E-state index is 12.0. The topological polar surface area (TPSA) is 98.0 Å². The van der Waals surface area contributed by atoms with E-state index >= 15 is 0 Å². The third-order valence-corrected chi connectivity index (χ3v) is 3.69. The van der Waals surface area contributed by atoms with Crippen LogP contribution in [-0.2, 0) is 10.0 Å². The Balaban J connectivity index is 2.37. The molecule has 94 valence electrons. The quantitative estimate of drug-likeness (QED) is 0.890. The molecule has 8 heteroatoms. The summed E-state index contributed by atoms with van der Waals surface area (Å²) in [7, 11) is -3.78. The number of hydrogen-bond donors (Lipinski definition) is 2. The van der Waals surface area contributed by atoms with E-state index in [2.05, 4.69) is 14.7 Å². The molecule has 0 spiro atoms. The van der Waals surface area contributed by atoms with Crippen molar-refractivity contribution < 1.29 is 8.42 Å². The number of nitrogen functional groups attached to an aromatic ring is 1. The van der Waals surface area contributed by atoms with Crippen molar-refractivity contribution in [3.63, 3.8) is 0 Å². The summed E-state index contributed by atoms with van der Waals surface area (Å²) in [6, 6.07) is 5.71. The van der Waals surface area contributed by atoms with Gasteiger partial charge in [-0.1, -0.05) is 11.6 Å². The van der Waals surface area contributed by atoms with Gasteiger partial charge in [-0.3, -0.25) is 4.72 Å². The van der Waals surface area contributed by atoms with Gasteiger partial charge in [-0.05, 0) is 18.2 Å². The van der Waals surface area contributed by atoms with Crippen LogP contribution in [0.3, 0.4) is 0 Å². The fourth-order valence-corrected chi connectivity index (χ4v) is 2.52. The van der Waals surface area contributed by atoms with Crippen LogP contribution in [0.1, 0.15) is 0 Å². The zero-order valence-electron chi connectivity index (χ0n) is 9.04. The molecule has 0 bridgehead atoms. The van der Waals surface area contributed by atoms with Crippen molar-refractivity contribution >= 4 is 33.3 Å². The fraction of sp³-hybridized carbons (Fsp3) is 0. The zero-order valence-corrected chi connectivity index (χ0v) is 10.6. The van der Waals surface area contributed by atoms with Gasteiger partial charge in [0.2, 0.25) is 0 Å². The molecule has 0 saturated carbocycles. The molecule has 0 saturated heterocycles. The predicted molar refractivity (Wildman–Crippen MR) is 68.7 cm³/mol. The first-order valence-corrected chi connectivity index (χ1v) is 6.70. The first kappa shape index (κ1) is 12.6. The van der Waals surface area contributed by atoms with Crippen LogP contribution in [0.4, 0.5) is 11.6 Å². The van der Waals surface area contributed by atoms with Crippen LogP contribution in [0, 0.1) is 0 Å². The lowest BCUT2D eigenvalue weighted by Crippen LogP contribution is -2.14. The van der Waals surface area contributed by atoms with Gasteiger partial charge in [-0.25, -0.2) is 18.4 Å². The molecule has 0 aromatic carbocycles. The molecule has 2 aromatic rings. The highest BCUT2D eigenvalue weighted by Gasteiger charge is 2.16. The number of rotatable bonds is 3. The molecule has 0 amide bonds. The monoisotopic (exact) mass is 284 g/mol. The van der Waals surface area contributed by atoms with Gasteiger partial charge in [-0.15, -0.1) is 0 Å². The van der Waals surface area contributed by atoms with Crippen LogP contribution in [0.25, 0.3) is 0 Å². The Hall–Kier alpha value is -1.86. The normalized spacial score (nSPS) is 11.2. The Morgan fingerprint density at radius 1 is 1.22 bits per heavy atom. The Bertz CT molecular complexity index is 675. The number of pyridine rings is 2. The van der Waals surface area contributed by atoms with E-state index in [0.29, 0.717) is 0 Å². The smallest absolute Gasteiger partial charge is 0.263 e. The van der Waals surface area contributed by atoms with Crippen LogP contribution in [0.2, 0.25) is 5.02 Å². The highest BCUT2D eigenvalue weighted by Crippen LogP contribution is 2.21. The highest BCUT2D eigenvalue weighted by atomic mass is 35.5. The first-order valence-electron chi connectivity index (χ1n) is 4.84. The van der Waals surface area contributed by atoms with Crippen LogP contribution in [0.5, 0.6) is 0 Å². The van der Waals surface area contributed by atoms with Gasteiger partial charge >= 0.3 is 0 Å². The molecule has 18 heavy (non-hydrogen) atoms. The number of hydrogen-bond acceptors (Lipinski definition) is 5. The third-order valence-electron chi connectivity index (χ3n) is 2.05. The largest absolute Gasteiger partial charge is 0.384 e. The average molecular weight is 285 g/mol. The van der Waals surface area contributed by atoms with Crippen molar-refractivity contribution in [2.45, 2.75) is 4.90 Å². The second kappa shape index (κ2) is 4.79. The first-order chi connectivity index (χ1) is 8.49. The summed E-state index contributed by atoms with van der Waals surface area (Å²) in [5, 5.41) is 0.211. The number of nitrogens with two attached hydrogens (primary N) is 1. The highest BCUT2D eigenvalue weighted by molar-refractivity contribution is 7.92. The predicted octanol–water partition coefficient (Wildman–Crippen LogP) is 1.51. The summed E-state index contributed by atoms with van der Waals surface area (Å²) >= 11 is 5.82. The van der Waals surface area contributed by atoms with E-state index in [4.69, 9.17) is 17.3 Å². The maximum Gasteiger partial charge on any atom is 0.263 e. The van der Waals surface area contributed by atoms with E-state index in [9.17, 15) is 8.42 Å². The van der Waals surface area contributed by atoms with Crippen molar-refractivity contribution in [2.24, 2.45) is 0 Å². The molecule has 0 fully saturated rings. The molecule has 0 unspecified atom stereocenters. The van der Waals surface area contributed by atoms with E-state index in [0.717, 1.165) is 0 Å². The minimum atomic E-state index is -3.78. The van der Waals surface area contributed by atoms with Crippen molar-refractivity contribution in [3.05, 3.63) is 41.7 Å². The van der Waals surface area contributed by atoms with Crippen LogP contribution in [-0.4, -0.2) is 18.4 Å². The van der Waals surface area contributed by atoms with E-state index < -0.39 is 10.0 Å². The van der Waals surface area contributed by atoms with Crippen molar-refractivity contribution in [1.82, 2.24) is 9.97 Å². The molecule has 0 aliphatic rings. The van der Waals surface area contributed by atoms with Gasteiger partial charge in [-0.2, -0.15) is 0 Å². The number of nitrogens with zero attached hydrogens (tertiary/aromatic N) is 2. The Morgan fingerprint density at radius 2 is 2.00 bits per heavy atom. The second-order valence-corrected chi connectivity index (χ2v) is 5.45. The van der Waals surface area contributed by atoms with Crippen LogP contribution >= 0.6 is 11.6 Å². The van der Waals surface area contributed by atoms with Crippen molar-refractivity contribution in [3.8, 4) is 0 Å². The molecule has 2 heterocycles. The summed E-state index contributed by atoms with van der Waals surface area (Å²) in [6.45, 7) is 0. The Labute approximate surface area is 109 Å². The van der Waals surface area contributed by atoms with Gasteiger partial charge in [0.15, 0.2) is 5.82 Å². The van der Waals surface area contributed by atoms with Gasteiger partial charge in [0.1, 0.15) is 5.82 Å². The number of anilines is 2. The fourth-order valence-electron chi connectivity index (χ4n) is 1.24. The van der Waals surface area contributed by atoms with Crippen LogP contribution in [0.15, 0.2) is 41.6 Å². The van der Waals surface area contributed by atoms with Gasteiger partial charge < -0.3 is 5.73 Å². The standard InChI is InChI=1S/C10H9ClN4O2S/c11-8-2-1-4-14-10(8)15-18(16,17)7-3-5-13-9(12)6-7/h1-6H,(H2,12,13)(H,14,15). The van der Waals surface area contributed by atoms with Gasteiger partial charge in [0.25, 0.3) is 10.0 Å². The van der Waals surface area contributed by atoms with Crippen molar-refractivity contribution in [1.29, 1.82) is 0 Å². The Morgan fingerprint density at radius 3 is 2.67 bits per heavy atom. The molecular weight excluding hydrogens is 276 g/mol. The summed E-state index contributed by atoms with van der Waals surface area (Å²) < 4.78 is 26.3. The minimum Gasteiger partial charge on any atom is -0.384 e. The zero-order chi connectivity index (χ0) is 13.2. The molecule has 0 aliphatic heterocycles. The average Bonchev–Trinajstić information content (AvgIpc) is 2.32. The molecule has 0 radical (unpaired) electrons. The molecule has 2 aromatic heterocycles. The second-order valence-electron chi connectivity index (χ2n) is 3.36. The molecule has 2 rings (SSSR count). The van der Waals surface area contributed by atoms with Crippen LogP contribution < -0.4 is 10.5 Å². The third kappa shape index (κ3) is 2.69. The summed E-state index contributed by atoms with van der Waals surface area (Å²) in [6.07, 6.45) is 2.74. The molecule has 0 aliphatic carbocycles. The maximum absolute atomic E-state index is 12.0. The van der Waals surface area contributed by atoms with E-state index in [1.807, 2.05) is 0 Å². The number of aromatic nitrogens is 2. The van der Waals surface area contributed by atoms with Crippen molar-refractivity contribution in [2.75, 3.05) is 10.5 Å². The SMILES string of the molecule is Nc1cc(S(=O)(=O)Nc2ncccc2Cl)ccn1. The summed E-state index contributed by atoms with van der Waals surface area (Å²) in [4.78, 5) is 7.56. The van der Waals surface area contributed by atoms with E-state index in [1.165, 1.54) is 30.6 Å². The molecule has 6 nitrogen and oxygen atoms in total. The minimum absolute atomic E-state index is 0.00304. The number of halogens is 1. The Kier molecular flexibility index (Phi) is 3.35. The summed E-state index contributed by atoms with van der Waals surface area (Å²) in [5.74, 6) is 0.180. The molecule has 0 atom stereocenters. The summed E-state index contributed by atoms with van der Waals surface area (Å²) in [5.41, 5.74) is 5.43. The van der Waals surface area contributed by atoms with Gasteiger partial charge in [0, 0.05) is 18.5 Å². The molecule has 3 N–H and O–H groups in total. The number of nitrogens with one attached hydrogen (secondary N) is 1. The molecular formula is C10H9ClN4O2S.